The zero-order chi connectivity index (χ0) is 21.5. The first kappa shape index (κ1) is 20.9. The number of oxime groups is 1. The fourth-order valence-electron chi connectivity index (χ4n) is 3.02. The van der Waals surface area contributed by atoms with Crippen molar-refractivity contribution < 1.29 is 19.1 Å². The summed E-state index contributed by atoms with van der Waals surface area (Å²) in [5.41, 5.74) is 3.21. The van der Waals surface area contributed by atoms with Gasteiger partial charge in [0.05, 0.1) is 12.8 Å². The minimum Gasteiger partial charge on any atom is -0.496 e. The van der Waals surface area contributed by atoms with Crippen LogP contribution in [0.1, 0.15) is 11.1 Å². The summed E-state index contributed by atoms with van der Waals surface area (Å²) < 4.78 is 13.1. The van der Waals surface area contributed by atoms with Crippen LogP contribution in [-0.2, 0) is 23.3 Å². The van der Waals surface area contributed by atoms with Gasteiger partial charge in [-0.15, -0.1) is 0 Å². The molecule has 0 atom stereocenters. The molecule has 0 spiro atoms. The number of hydrogen-bond acceptors (Lipinski definition) is 6. The van der Waals surface area contributed by atoms with Crippen LogP contribution in [0.4, 0.5) is 0 Å². The number of carbonyl (C=O) groups excluding carboxylic acids is 1. The van der Waals surface area contributed by atoms with Gasteiger partial charge in [0.2, 0.25) is 5.88 Å². The number of nitrogens with zero attached hydrogens (tertiary/aromatic N) is 3. The molecule has 1 amide bonds. The Morgan fingerprint density at radius 1 is 1.13 bits per heavy atom. The number of carbonyl (C=O) groups is 1. The molecule has 2 aromatic carbocycles. The van der Waals surface area contributed by atoms with Crippen molar-refractivity contribution in [2.24, 2.45) is 12.2 Å². The summed E-state index contributed by atoms with van der Waals surface area (Å²) in [5, 5.41) is 11.0. The summed E-state index contributed by atoms with van der Waals surface area (Å²) in [7, 11) is 6.38. The van der Waals surface area contributed by atoms with Crippen molar-refractivity contribution in [3.63, 3.8) is 0 Å². The maximum Gasteiger partial charge on any atom is 0.273 e. The van der Waals surface area contributed by atoms with Gasteiger partial charge in [0.25, 0.3) is 5.91 Å². The lowest BCUT2D eigenvalue weighted by molar-refractivity contribution is -0.114. The molecule has 1 N–H and O–H groups in total. The molecule has 1 heterocycles. The van der Waals surface area contributed by atoms with Crippen LogP contribution >= 0.6 is 0 Å². The van der Waals surface area contributed by atoms with Gasteiger partial charge in [0.1, 0.15) is 19.5 Å². The van der Waals surface area contributed by atoms with Crippen LogP contribution in [0, 0.1) is 0 Å². The smallest absolute Gasteiger partial charge is 0.273 e. The Morgan fingerprint density at radius 2 is 1.87 bits per heavy atom. The highest BCUT2D eigenvalue weighted by Crippen LogP contribution is 2.31. The molecule has 1 aromatic heterocycles. The Hall–Kier alpha value is -3.81. The number of para-hydroxylation sites is 1. The van der Waals surface area contributed by atoms with E-state index in [0.717, 1.165) is 22.6 Å². The summed E-state index contributed by atoms with van der Waals surface area (Å²) in [4.78, 5) is 17.1. The van der Waals surface area contributed by atoms with Crippen LogP contribution in [0.3, 0.4) is 0 Å². The van der Waals surface area contributed by atoms with Crippen molar-refractivity contribution in [3.05, 3.63) is 65.7 Å². The molecule has 0 radical (unpaired) electrons. The quantitative estimate of drug-likeness (QED) is 0.458. The molecule has 0 bridgehead atoms. The van der Waals surface area contributed by atoms with Gasteiger partial charge in [-0.2, -0.15) is 5.10 Å². The van der Waals surface area contributed by atoms with Crippen LogP contribution < -0.4 is 14.8 Å². The maximum absolute atomic E-state index is 12.2. The third kappa shape index (κ3) is 4.43. The number of nitrogens with one attached hydrogen (secondary N) is 1. The predicted molar refractivity (Wildman–Crippen MR) is 114 cm³/mol. The van der Waals surface area contributed by atoms with E-state index in [2.05, 4.69) is 15.6 Å². The maximum atomic E-state index is 12.2. The molecular formula is C22H24N4O4. The number of benzene rings is 2. The van der Waals surface area contributed by atoms with E-state index in [0.29, 0.717) is 11.4 Å². The molecular weight excluding hydrogens is 384 g/mol. The van der Waals surface area contributed by atoms with E-state index in [1.54, 1.807) is 24.9 Å². The zero-order valence-corrected chi connectivity index (χ0v) is 17.4. The average Bonchev–Trinajstić information content (AvgIpc) is 3.16. The van der Waals surface area contributed by atoms with Crippen LogP contribution in [0.2, 0.25) is 0 Å². The monoisotopic (exact) mass is 408 g/mol. The molecule has 0 unspecified atom stereocenters. The van der Waals surface area contributed by atoms with Crippen molar-refractivity contribution in [3.8, 4) is 22.9 Å². The lowest BCUT2D eigenvalue weighted by Gasteiger charge is -2.12. The first-order valence-electron chi connectivity index (χ1n) is 9.30. The Labute approximate surface area is 175 Å². The van der Waals surface area contributed by atoms with Gasteiger partial charge < -0.3 is 19.6 Å². The molecule has 0 aliphatic heterocycles. The highest BCUT2D eigenvalue weighted by Gasteiger charge is 2.18. The summed E-state index contributed by atoms with van der Waals surface area (Å²) in [6.07, 6.45) is 0. The molecule has 8 nitrogen and oxygen atoms in total. The normalized spacial score (nSPS) is 11.1. The summed E-state index contributed by atoms with van der Waals surface area (Å²) in [6, 6.07) is 16.9. The number of methoxy groups -OCH3 is 1. The Morgan fingerprint density at radius 3 is 2.60 bits per heavy atom. The molecule has 30 heavy (non-hydrogen) atoms. The summed E-state index contributed by atoms with van der Waals surface area (Å²) >= 11 is 0. The first-order chi connectivity index (χ1) is 14.6. The molecule has 0 saturated heterocycles. The largest absolute Gasteiger partial charge is 0.496 e. The molecule has 156 valence electrons. The predicted octanol–water partition coefficient (Wildman–Crippen LogP) is 2.77. The standard InChI is InChI=1S/C22H24N4O4/c1-23-22(27)21(25-29-4)16-10-6-5-9-15(16)14-30-20-13-18(24-26(20)2)17-11-7-8-12-19(17)28-3/h5-13H,14H2,1-4H3,(H,23,27)/b25-21+. The first-order valence-corrected chi connectivity index (χ1v) is 9.30. The van der Waals surface area contributed by atoms with E-state index in [4.69, 9.17) is 14.3 Å². The second-order valence-electron chi connectivity index (χ2n) is 6.34. The Kier molecular flexibility index (Phi) is 6.69. The second kappa shape index (κ2) is 9.60. The van der Waals surface area contributed by atoms with Gasteiger partial charge >= 0.3 is 0 Å². The highest BCUT2D eigenvalue weighted by molar-refractivity contribution is 6.45. The minimum absolute atomic E-state index is 0.180. The molecule has 0 aliphatic carbocycles. The van der Waals surface area contributed by atoms with E-state index in [1.165, 1.54) is 7.11 Å². The number of likely N-dealkylation sites (N-methyl/N-ethyl adjacent to an activating group) is 1. The summed E-state index contributed by atoms with van der Waals surface area (Å²) in [6.45, 7) is 0.223. The molecule has 0 fully saturated rings. The fraction of sp³-hybridized carbons (Fsp3) is 0.227. The number of aromatic nitrogens is 2. The third-order valence-electron chi connectivity index (χ3n) is 4.49. The van der Waals surface area contributed by atoms with Crippen LogP contribution in [-0.4, -0.2) is 42.7 Å². The van der Waals surface area contributed by atoms with Gasteiger partial charge in [0.15, 0.2) is 5.71 Å². The zero-order valence-electron chi connectivity index (χ0n) is 17.4. The van der Waals surface area contributed by atoms with Crippen molar-refractivity contribution in [2.75, 3.05) is 21.3 Å². The second-order valence-corrected chi connectivity index (χ2v) is 6.34. The summed E-state index contributed by atoms with van der Waals surface area (Å²) in [5.74, 6) is 0.970. The lowest BCUT2D eigenvalue weighted by Crippen LogP contribution is -2.29. The van der Waals surface area contributed by atoms with E-state index in [9.17, 15) is 4.79 Å². The number of rotatable bonds is 8. The van der Waals surface area contributed by atoms with Crippen molar-refractivity contribution >= 4 is 11.6 Å². The highest BCUT2D eigenvalue weighted by atomic mass is 16.6. The minimum atomic E-state index is -0.344. The van der Waals surface area contributed by atoms with Crippen LogP contribution in [0.5, 0.6) is 11.6 Å². The van der Waals surface area contributed by atoms with Crippen molar-refractivity contribution in [1.82, 2.24) is 15.1 Å². The van der Waals surface area contributed by atoms with E-state index in [1.807, 2.05) is 55.6 Å². The molecule has 3 rings (SSSR count). The lowest BCUT2D eigenvalue weighted by atomic mass is 10.0. The van der Waals surface area contributed by atoms with Gasteiger partial charge in [-0.25, -0.2) is 4.68 Å². The molecule has 8 heteroatoms. The van der Waals surface area contributed by atoms with Crippen LogP contribution in [0.15, 0.2) is 59.8 Å². The SMILES string of the molecule is CNC(=O)/C(=N/OC)c1ccccc1COc1cc(-c2ccccc2OC)nn1C. The van der Waals surface area contributed by atoms with E-state index >= 15 is 0 Å². The van der Waals surface area contributed by atoms with E-state index in [-0.39, 0.29) is 18.2 Å². The molecule has 0 saturated carbocycles. The van der Waals surface area contributed by atoms with Crippen molar-refractivity contribution in [2.45, 2.75) is 6.61 Å². The number of hydrogen-bond donors (Lipinski definition) is 1. The third-order valence-corrected chi connectivity index (χ3v) is 4.49. The van der Waals surface area contributed by atoms with Crippen LogP contribution in [0.25, 0.3) is 11.3 Å². The van der Waals surface area contributed by atoms with Gasteiger partial charge in [-0.3, -0.25) is 4.79 Å². The number of ether oxygens (including phenoxy) is 2. The number of amides is 1. The topological polar surface area (TPSA) is 87.0 Å². The van der Waals surface area contributed by atoms with Gasteiger partial charge in [0, 0.05) is 31.3 Å². The Balaban J connectivity index is 1.86. The van der Waals surface area contributed by atoms with Crippen molar-refractivity contribution in [1.29, 1.82) is 0 Å². The van der Waals surface area contributed by atoms with Gasteiger partial charge in [-0.1, -0.05) is 41.6 Å². The fourth-order valence-corrected chi connectivity index (χ4v) is 3.02. The molecule has 0 aliphatic rings. The number of aryl methyl sites for hydroxylation is 1. The Bertz CT molecular complexity index is 1060. The van der Waals surface area contributed by atoms with E-state index < -0.39 is 0 Å². The molecule has 3 aromatic rings. The average molecular weight is 408 g/mol. The van der Waals surface area contributed by atoms with Gasteiger partial charge in [-0.05, 0) is 17.7 Å².